The Balaban J connectivity index is 1.46. The molecule has 0 bridgehead atoms. The molecule has 33 heavy (non-hydrogen) atoms. The van der Waals surface area contributed by atoms with E-state index >= 15 is 0 Å². The van der Waals surface area contributed by atoms with Gasteiger partial charge in [-0.15, -0.1) is 0 Å². The molecule has 0 spiro atoms. The molecule has 2 N–H and O–H groups in total. The topological polar surface area (TPSA) is 96.9 Å². The van der Waals surface area contributed by atoms with Gasteiger partial charge in [0, 0.05) is 52.0 Å². The second kappa shape index (κ2) is 9.40. The van der Waals surface area contributed by atoms with Crippen molar-refractivity contribution in [1.82, 2.24) is 19.6 Å². The molecule has 3 heterocycles. The van der Waals surface area contributed by atoms with Crippen molar-refractivity contribution >= 4 is 17.6 Å². The highest BCUT2D eigenvalue weighted by Gasteiger charge is 2.36. The van der Waals surface area contributed by atoms with Crippen molar-refractivity contribution in [3.8, 4) is 0 Å². The number of anilines is 1. The first-order chi connectivity index (χ1) is 15.7. The van der Waals surface area contributed by atoms with Gasteiger partial charge in [0.2, 0.25) is 0 Å². The summed E-state index contributed by atoms with van der Waals surface area (Å²) in [6, 6.07) is 5.28. The molecule has 0 radical (unpaired) electrons. The number of halogens is 3. The van der Waals surface area contributed by atoms with E-state index in [1.54, 1.807) is 15.9 Å². The van der Waals surface area contributed by atoms with Crippen LogP contribution in [0, 0.1) is 0 Å². The number of amides is 2. The normalized spacial score (nSPS) is 17.9. The maximum atomic E-state index is 13.8. The van der Waals surface area contributed by atoms with Gasteiger partial charge in [0.25, 0.3) is 5.91 Å². The Morgan fingerprint density at radius 1 is 1.03 bits per heavy atom. The summed E-state index contributed by atoms with van der Waals surface area (Å²) < 4.78 is 47.7. The number of hydrogen-bond acceptors (Lipinski definition) is 6. The summed E-state index contributed by atoms with van der Waals surface area (Å²) in [6.07, 6.45) is -3.08. The highest BCUT2D eigenvalue weighted by atomic mass is 19.4. The summed E-state index contributed by atoms with van der Waals surface area (Å²) in [5, 5.41) is 3.88. The quantitative estimate of drug-likeness (QED) is 0.736. The number of aromatic nitrogens is 2. The standard InChI is InChI=1S/C21H25F3N6O3/c22-21(23,24)16-3-1-2-15(18(16)28-10-12-33-13-11-28)14-27-6-8-29(9-7-27)20(32)30-5-4-17(26-30)19(25)31/h1-5H,6-14H2,(H2,25,31). The van der Waals surface area contributed by atoms with E-state index in [4.69, 9.17) is 10.5 Å². The van der Waals surface area contributed by atoms with Crippen molar-refractivity contribution < 1.29 is 27.5 Å². The lowest BCUT2D eigenvalue weighted by Gasteiger charge is -2.37. The predicted octanol–water partition coefficient (Wildman–Crippen LogP) is 1.62. The van der Waals surface area contributed by atoms with Crippen molar-refractivity contribution in [2.75, 3.05) is 57.4 Å². The zero-order valence-corrected chi connectivity index (χ0v) is 17.9. The monoisotopic (exact) mass is 466 g/mol. The van der Waals surface area contributed by atoms with Gasteiger partial charge < -0.3 is 20.3 Å². The van der Waals surface area contributed by atoms with Gasteiger partial charge in [0.05, 0.1) is 24.5 Å². The maximum absolute atomic E-state index is 13.8. The summed E-state index contributed by atoms with van der Waals surface area (Å²) in [4.78, 5) is 29.2. The number of nitrogens with two attached hydrogens (primary N) is 1. The van der Waals surface area contributed by atoms with E-state index < -0.39 is 17.6 Å². The van der Waals surface area contributed by atoms with Gasteiger partial charge in [-0.05, 0) is 17.7 Å². The van der Waals surface area contributed by atoms with Crippen molar-refractivity contribution in [2.24, 2.45) is 5.73 Å². The van der Waals surface area contributed by atoms with Gasteiger partial charge in [0.15, 0.2) is 5.69 Å². The van der Waals surface area contributed by atoms with E-state index in [-0.39, 0.29) is 17.4 Å². The van der Waals surface area contributed by atoms with Gasteiger partial charge in [-0.3, -0.25) is 9.69 Å². The Bertz CT molecular complexity index is 1010. The molecule has 9 nitrogen and oxygen atoms in total. The molecule has 2 amide bonds. The van der Waals surface area contributed by atoms with Crippen LogP contribution in [-0.4, -0.2) is 84.0 Å². The number of carbonyl (C=O) groups excluding carboxylic acids is 2. The fraction of sp³-hybridized carbons (Fsp3) is 0.476. The third-order valence-corrected chi connectivity index (χ3v) is 5.83. The Morgan fingerprint density at radius 3 is 2.33 bits per heavy atom. The number of rotatable bonds is 4. The fourth-order valence-corrected chi connectivity index (χ4v) is 4.15. The molecule has 2 aliphatic heterocycles. The molecule has 0 unspecified atom stereocenters. The molecule has 2 fully saturated rings. The van der Waals surface area contributed by atoms with Crippen LogP contribution in [0.5, 0.6) is 0 Å². The van der Waals surface area contributed by atoms with E-state index in [1.807, 2.05) is 4.90 Å². The van der Waals surface area contributed by atoms with Crippen LogP contribution in [0.1, 0.15) is 21.6 Å². The highest BCUT2D eigenvalue weighted by molar-refractivity contribution is 5.91. The van der Waals surface area contributed by atoms with Gasteiger partial charge >= 0.3 is 12.2 Å². The van der Waals surface area contributed by atoms with Crippen LogP contribution >= 0.6 is 0 Å². The number of piperazine rings is 1. The Hall–Kier alpha value is -3.12. The first-order valence-corrected chi connectivity index (χ1v) is 10.6. The van der Waals surface area contributed by atoms with Crippen molar-refractivity contribution in [1.29, 1.82) is 0 Å². The summed E-state index contributed by atoms with van der Waals surface area (Å²) in [7, 11) is 0. The second-order valence-corrected chi connectivity index (χ2v) is 7.97. The van der Waals surface area contributed by atoms with Crippen LogP contribution in [0.3, 0.4) is 0 Å². The third-order valence-electron chi connectivity index (χ3n) is 5.83. The van der Waals surface area contributed by atoms with Crippen molar-refractivity contribution in [3.63, 3.8) is 0 Å². The maximum Gasteiger partial charge on any atom is 0.418 e. The number of benzene rings is 1. The predicted molar refractivity (Wildman–Crippen MR) is 113 cm³/mol. The van der Waals surface area contributed by atoms with Crippen LogP contribution in [-0.2, 0) is 17.5 Å². The SMILES string of the molecule is NC(=O)c1ccn(C(=O)N2CCN(Cc3cccc(C(F)(F)F)c3N3CCOCC3)CC2)n1. The molecule has 4 rings (SSSR count). The first-order valence-electron chi connectivity index (χ1n) is 10.6. The van der Waals surface area contributed by atoms with Crippen LogP contribution in [0.4, 0.5) is 23.7 Å². The molecule has 12 heteroatoms. The molecule has 2 aromatic rings. The van der Waals surface area contributed by atoms with Crippen LogP contribution in [0.2, 0.25) is 0 Å². The van der Waals surface area contributed by atoms with Gasteiger partial charge in [0.1, 0.15) is 0 Å². The van der Waals surface area contributed by atoms with Crippen LogP contribution in [0.15, 0.2) is 30.5 Å². The van der Waals surface area contributed by atoms with E-state index in [2.05, 4.69) is 5.10 Å². The molecule has 2 saturated heterocycles. The molecule has 1 aromatic heterocycles. The summed E-state index contributed by atoms with van der Waals surface area (Å²) in [5.74, 6) is -0.719. The lowest BCUT2D eigenvalue weighted by Crippen LogP contribution is -2.49. The largest absolute Gasteiger partial charge is 0.418 e. The smallest absolute Gasteiger partial charge is 0.378 e. The average molecular weight is 466 g/mol. The lowest BCUT2D eigenvalue weighted by atomic mass is 10.0. The van der Waals surface area contributed by atoms with Crippen molar-refractivity contribution in [3.05, 3.63) is 47.3 Å². The van der Waals surface area contributed by atoms with E-state index in [0.29, 0.717) is 64.6 Å². The van der Waals surface area contributed by atoms with Gasteiger partial charge in [-0.1, -0.05) is 12.1 Å². The molecule has 1 aromatic carbocycles. The molecule has 0 saturated carbocycles. The van der Waals surface area contributed by atoms with Gasteiger partial charge in [-0.2, -0.15) is 23.0 Å². The van der Waals surface area contributed by atoms with E-state index in [0.717, 1.165) is 10.7 Å². The zero-order chi connectivity index (χ0) is 23.6. The number of hydrogen-bond donors (Lipinski definition) is 1. The number of para-hydroxylation sites is 1. The van der Waals surface area contributed by atoms with Gasteiger partial charge in [-0.25, -0.2) is 4.79 Å². The third kappa shape index (κ3) is 5.11. The Morgan fingerprint density at radius 2 is 1.73 bits per heavy atom. The summed E-state index contributed by atoms with van der Waals surface area (Å²) >= 11 is 0. The van der Waals surface area contributed by atoms with Crippen LogP contribution < -0.4 is 10.6 Å². The first kappa shape index (κ1) is 23.1. The molecule has 0 atom stereocenters. The summed E-state index contributed by atoms with van der Waals surface area (Å²) in [6.45, 7) is 3.68. The Kier molecular flexibility index (Phi) is 6.56. The molecule has 178 valence electrons. The molecular weight excluding hydrogens is 441 g/mol. The number of ether oxygens (including phenoxy) is 1. The second-order valence-electron chi connectivity index (χ2n) is 7.97. The molecular formula is C21H25F3N6O3. The zero-order valence-electron chi connectivity index (χ0n) is 17.9. The molecule has 0 aliphatic carbocycles. The van der Waals surface area contributed by atoms with E-state index in [9.17, 15) is 22.8 Å². The lowest BCUT2D eigenvalue weighted by molar-refractivity contribution is -0.137. The van der Waals surface area contributed by atoms with E-state index in [1.165, 1.54) is 18.3 Å². The minimum atomic E-state index is -4.46. The molecule has 2 aliphatic rings. The Labute approximate surface area is 188 Å². The number of morpholine rings is 1. The number of primary amides is 1. The number of nitrogens with zero attached hydrogens (tertiary/aromatic N) is 5. The minimum absolute atomic E-state index is 0.00201. The number of carbonyl (C=O) groups is 2. The van der Waals surface area contributed by atoms with Crippen molar-refractivity contribution in [2.45, 2.75) is 12.7 Å². The summed E-state index contributed by atoms with van der Waals surface area (Å²) in [5.41, 5.74) is 5.35. The minimum Gasteiger partial charge on any atom is -0.378 e. The number of alkyl halides is 3. The fourth-order valence-electron chi connectivity index (χ4n) is 4.15. The highest BCUT2D eigenvalue weighted by Crippen LogP contribution is 2.39. The van der Waals surface area contributed by atoms with Crippen LogP contribution in [0.25, 0.3) is 0 Å². The average Bonchev–Trinajstić information content (AvgIpc) is 3.30.